The fraction of sp³-hybridized carbons (Fsp3) is 1.00. The topological polar surface area (TPSA) is 0 Å². The van der Waals surface area contributed by atoms with Crippen LogP contribution in [0.3, 0.4) is 0 Å². The fourth-order valence-corrected chi connectivity index (χ4v) is 15.9. The molecule has 428 valence electrons. The summed E-state index contributed by atoms with van der Waals surface area (Å²) < 4.78 is 0. The van der Waals surface area contributed by atoms with Crippen LogP contribution in [0.4, 0.5) is 0 Å². The molecule has 0 nitrogen and oxygen atoms in total. The molecule has 0 bridgehead atoms. The van der Waals surface area contributed by atoms with E-state index in [0.717, 1.165) is 5.66 Å². The van der Waals surface area contributed by atoms with E-state index in [1.807, 2.05) is 0 Å². The van der Waals surface area contributed by atoms with Crippen molar-refractivity contribution in [3.8, 4) is 0 Å². The Balaban J connectivity index is 5.57. The van der Waals surface area contributed by atoms with Crippen molar-refractivity contribution in [3.63, 3.8) is 0 Å². The summed E-state index contributed by atoms with van der Waals surface area (Å²) in [5.74, 6) is 0. The Labute approximate surface area is 455 Å². The van der Waals surface area contributed by atoms with Gasteiger partial charge in [-0.1, -0.05) is 375 Å². The second kappa shape index (κ2) is 61.3. The van der Waals surface area contributed by atoms with Crippen LogP contribution in [0.15, 0.2) is 0 Å². The van der Waals surface area contributed by atoms with Gasteiger partial charge in [-0.2, -0.15) is 0 Å². The molecule has 0 aliphatic heterocycles. The zero-order chi connectivity index (χ0) is 51.5. The second-order valence-electron chi connectivity index (χ2n) is 24.7. The number of hydrogen-bond acceptors (Lipinski definition) is 0. The molecular weight excluding hydrogens is 872 g/mol. The summed E-state index contributed by atoms with van der Waals surface area (Å²) >= 11 is 0. The van der Waals surface area contributed by atoms with E-state index in [0.29, 0.717) is 5.41 Å². The molecule has 0 aromatic carbocycles. The van der Waals surface area contributed by atoms with Crippen molar-refractivity contribution in [2.75, 3.05) is 12.3 Å². The van der Waals surface area contributed by atoms with Crippen molar-refractivity contribution in [1.29, 1.82) is 0 Å². The predicted molar refractivity (Wildman–Crippen MR) is 334 cm³/mol. The molecule has 0 saturated carbocycles. The van der Waals surface area contributed by atoms with Crippen molar-refractivity contribution < 1.29 is 0 Å². The minimum absolute atomic E-state index is 0.204. The minimum Gasteiger partial charge on any atom is -0.104 e. The number of rotatable bonds is 64. The van der Waals surface area contributed by atoms with Crippen molar-refractivity contribution in [1.82, 2.24) is 0 Å². The van der Waals surface area contributed by atoms with E-state index in [9.17, 15) is 0 Å². The van der Waals surface area contributed by atoms with Gasteiger partial charge in [0.1, 0.15) is 0 Å². The Kier molecular flexibility index (Phi) is 61.7. The minimum atomic E-state index is 0.204. The Morgan fingerprint density at radius 3 is 0.577 bits per heavy atom. The predicted octanol–water partition coefficient (Wildman–Crippen LogP) is 27.3. The van der Waals surface area contributed by atoms with Crippen molar-refractivity contribution >= 4 is 7.92 Å². The number of hydrogen-bond donors (Lipinski definition) is 0. The number of unbranched alkanes of at least 4 members (excludes halogenated alkanes) is 47. The molecule has 0 amide bonds. The molecule has 0 aliphatic rings. The first-order chi connectivity index (χ1) is 35.1. The fourth-order valence-electron chi connectivity index (χ4n) is 12.6. The average Bonchev–Trinajstić information content (AvgIpc) is 3.38. The van der Waals surface area contributed by atoms with Crippen molar-refractivity contribution in [2.45, 2.75) is 432 Å². The first kappa shape index (κ1) is 71.4. The van der Waals surface area contributed by atoms with Crippen LogP contribution in [0.5, 0.6) is 0 Å². The molecule has 0 N–H and O–H groups in total. The van der Waals surface area contributed by atoms with E-state index in [-0.39, 0.29) is 7.92 Å². The lowest BCUT2D eigenvalue weighted by Crippen LogP contribution is -2.21. The van der Waals surface area contributed by atoms with Crippen molar-refractivity contribution in [3.05, 3.63) is 0 Å². The summed E-state index contributed by atoms with van der Waals surface area (Å²) in [6, 6.07) is 0. The molecule has 0 rings (SSSR count). The molecule has 0 saturated heterocycles. The van der Waals surface area contributed by atoms with E-state index in [4.69, 9.17) is 0 Å². The third-order valence-corrected chi connectivity index (χ3v) is 21.0. The van der Waals surface area contributed by atoms with E-state index < -0.39 is 0 Å². The van der Waals surface area contributed by atoms with Crippen molar-refractivity contribution in [2.24, 2.45) is 5.41 Å². The SMILES string of the molecule is CCCCCCCCCCC(CCCCCCCCC(CCCCCCCCCC)(CCCCCCCCCC)CCCCCCCCCC)P(CCCCCCCCCC)CCCCCCCCCC. The first-order valence-electron chi connectivity index (χ1n) is 34.9. The Bertz CT molecular complexity index is 854. The van der Waals surface area contributed by atoms with E-state index in [2.05, 4.69) is 41.5 Å². The van der Waals surface area contributed by atoms with Crippen LogP contribution in [-0.4, -0.2) is 18.0 Å². The molecule has 0 heterocycles. The third kappa shape index (κ3) is 52.3. The lowest BCUT2D eigenvalue weighted by molar-refractivity contribution is 0.171. The van der Waals surface area contributed by atoms with E-state index >= 15 is 0 Å². The van der Waals surface area contributed by atoms with Crippen LogP contribution >= 0.6 is 7.92 Å². The normalized spacial score (nSPS) is 12.5. The quantitative estimate of drug-likeness (QED) is 0.0421. The molecule has 0 fully saturated rings. The standard InChI is InChI=1S/C70H143P/c1-7-13-19-25-31-37-45-53-61-69(71(67-59-51-43-35-29-23-17-11-5)68-60-52-44-36-30-24-18-12-6)62-54-46-38-42-50-58-66-70(63-55-47-39-32-26-20-14-8-2,64-56-48-40-33-27-21-15-9-3)65-57-49-41-34-28-22-16-10-4/h69H,7-68H2,1-6H3. The highest BCUT2D eigenvalue weighted by atomic mass is 31.1. The largest absolute Gasteiger partial charge is 0.104 e. The maximum Gasteiger partial charge on any atom is -0.0209 e. The lowest BCUT2D eigenvalue weighted by Gasteiger charge is -2.35. The average molecular weight is 1020 g/mol. The summed E-state index contributed by atoms with van der Waals surface area (Å²) in [5.41, 5.74) is 1.72. The van der Waals surface area contributed by atoms with Crippen LogP contribution in [0.1, 0.15) is 427 Å². The first-order valence-corrected chi connectivity index (χ1v) is 36.6. The summed E-state index contributed by atoms with van der Waals surface area (Å²) in [6.45, 7) is 14.2. The maximum atomic E-state index is 2.36. The molecule has 0 aromatic heterocycles. The zero-order valence-electron chi connectivity index (χ0n) is 51.4. The van der Waals surface area contributed by atoms with Crippen LogP contribution in [0.25, 0.3) is 0 Å². The van der Waals surface area contributed by atoms with Gasteiger partial charge in [-0.3, -0.25) is 0 Å². The highest BCUT2D eigenvalue weighted by Gasteiger charge is 2.28. The third-order valence-electron chi connectivity index (χ3n) is 17.7. The molecule has 1 atom stereocenters. The molecule has 1 heteroatoms. The van der Waals surface area contributed by atoms with Crippen LogP contribution in [0, 0.1) is 5.41 Å². The van der Waals surface area contributed by atoms with Gasteiger partial charge in [-0.25, -0.2) is 0 Å². The molecular formula is C70H143P. The van der Waals surface area contributed by atoms with E-state index in [1.54, 1.807) is 63.7 Å². The van der Waals surface area contributed by atoms with Gasteiger partial charge in [0.05, 0.1) is 0 Å². The van der Waals surface area contributed by atoms with Gasteiger partial charge >= 0.3 is 0 Å². The Morgan fingerprint density at radius 2 is 0.366 bits per heavy atom. The van der Waals surface area contributed by atoms with Gasteiger partial charge in [0.2, 0.25) is 0 Å². The van der Waals surface area contributed by atoms with Crippen LogP contribution < -0.4 is 0 Å². The summed E-state index contributed by atoms with van der Waals surface area (Å²) in [6.07, 6.45) is 92.6. The van der Waals surface area contributed by atoms with Gasteiger partial charge < -0.3 is 0 Å². The van der Waals surface area contributed by atoms with Gasteiger partial charge in [0.25, 0.3) is 0 Å². The van der Waals surface area contributed by atoms with Crippen LogP contribution in [-0.2, 0) is 0 Å². The molecule has 0 radical (unpaired) electrons. The molecule has 0 aliphatic carbocycles. The molecule has 1 unspecified atom stereocenters. The van der Waals surface area contributed by atoms with Crippen LogP contribution in [0.2, 0.25) is 0 Å². The van der Waals surface area contributed by atoms with Gasteiger partial charge in [-0.05, 0) is 74.8 Å². The van der Waals surface area contributed by atoms with Gasteiger partial charge in [0.15, 0.2) is 0 Å². The van der Waals surface area contributed by atoms with Gasteiger partial charge in [0, 0.05) is 0 Å². The monoisotopic (exact) mass is 1020 g/mol. The summed E-state index contributed by atoms with van der Waals surface area (Å²) in [7, 11) is 0.204. The molecule has 71 heavy (non-hydrogen) atoms. The van der Waals surface area contributed by atoms with Gasteiger partial charge in [-0.15, -0.1) is 7.92 Å². The smallest absolute Gasteiger partial charge is 0.0209 e. The summed E-state index contributed by atoms with van der Waals surface area (Å²) in [5, 5.41) is 0. The Morgan fingerprint density at radius 1 is 0.197 bits per heavy atom. The lowest BCUT2D eigenvalue weighted by atomic mass is 9.70. The zero-order valence-corrected chi connectivity index (χ0v) is 52.3. The summed E-state index contributed by atoms with van der Waals surface area (Å²) in [4.78, 5) is 0. The van der Waals surface area contributed by atoms with E-state index in [1.165, 1.54) is 334 Å². The molecule has 0 aromatic rings. The Hall–Kier alpha value is 0.430. The highest BCUT2D eigenvalue weighted by molar-refractivity contribution is 7.58. The maximum absolute atomic E-state index is 2.36. The second-order valence-corrected chi connectivity index (χ2v) is 27.5. The highest BCUT2D eigenvalue weighted by Crippen LogP contribution is 2.48. The molecule has 0 spiro atoms.